The van der Waals surface area contributed by atoms with Crippen LogP contribution in [0.5, 0.6) is 0 Å². The summed E-state index contributed by atoms with van der Waals surface area (Å²) in [5, 5.41) is 3.58. The van der Waals surface area contributed by atoms with Crippen LogP contribution in [0.15, 0.2) is 22.7 Å². The van der Waals surface area contributed by atoms with Gasteiger partial charge in [0, 0.05) is 10.5 Å². The number of benzene rings is 1. The highest BCUT2D eigenvalue weighted by Crippen LogP contribution is 2.17. The molecular formula is C16H25BrFN. The first-order valence-corrected chi connectivity index (χ1v) is 8.13. The Balaban J connectivity index is 2.58. The average molecular weight is 330 g/mol. The number of nitrogens with one attached hydrogen (secondary N) is 1. The fourth-order valence-electron chi connectivity index (χ4n) is 2.28. The molecule has 0 aliphatic heterocycles. The molecule has 1 atom stereocenters. The van der Waals surface area contributed by atoms with Gasteiger partial charge in [0.1, 0.15) is 5.82 Å². The second kappa shape index (κ2) is 9.49. The van der Waals surface area contributed by atoms with Gasteiger partial charge in [0.15, 0.2) is 0 Å². The molecule has 0 aliphatic carbocycles. The van der Waals surface area contributed by atoms with Gasteiger partial charge in [-0.15, -0.1) is 0 Å². The van der Waals surface area contributed by atoms with E-state index >= 15 is 0 Å². The molecule has 0 spiro atoms. The molecular weight excluding hydrogens is 305 g/mol. The summed E-state index contributed by atoms with van der Waals surface area (Å²) >= 11 is 3.36. The minimum absolute atomic E-state index is 0.160. The highest BCUT2D eigenvalue weighted by Gasteiger charge is 2.10. The van der Waals surface area contributed by atoms with E-state index < -0.39 is 0 Å². The lowest BCUT2D eigenvalue weighted by Crippen LogP contribution is -2.31. The zero-order valence-corrected chi connectivity index (χ0v) is 13.6. The van der Waals surface area contributed by atoms with Gasteiger partial charge in [0.2, 0.25) is 0 Å². The summed E-state index contributed by atoms with van der Waals surface area (Å²) in [5.41, 5.74) is 1.07. The van der Waals surface area contributed by atoms with Crippen LogP contribution >= 0.6 is 15.9 Å². The Kier molecular flexibility index (Phi) is 8.31. The van der Waals surface area contributed by atoms with E-state index in [1.165, 1.54) is 31.7 Å². The highest BCUT2D eigenvalue weighted by atomic mass is 79.9. The molecule has 0 aromatic heterocycles. The average Bonchev–Trinajstić information content (AvgIpc) is 2.34. The molecule has 1 N–H and O–H groups in total. The van der Waals surface area contributed by atoms with Gasteiger partial charge < -0.3 is 5.32 Å². The third-order valence-corrected chi connectivity index (χ3v) is 3.70. The molecule has 0 aliphatic rings. The second-order valence-corrected chi connectivity index (χ2v) is 6.04. The number of rotatable bonds is 9. The van der Waals surface area contributed by atoms with E-state index in [0.717, 1.165) is 29.4 Å². The van der Waals surface area contributed by atoms with Crippen LogP contribution in [0.2, 0.25) is 0 Å². The summed E-state index contributed by atoms with van der Waals surface area (Å²) in [5.74, 6) is -0.160. The zero-order chi connectivity index (χ0) is 14.1. The van der Waals surface area contributed by atoms with Crippen molar-refractivity contribution in [1.29, 1.82) is 0 Å². The Labute approximate surface area is 125 Å². The molecule has 108 valence electrons. The molecule has 1 aromatic rings. The first-order chi connectivity index (χ1) is 9.15. The van der Waals surface area contributed by atoms with Crippen LogP contribution in [0.1, 0.15) is 51.5 Å². The van der Waals surface area contributed by atoms with Crippen LogP contribution < -0.4 is 5.32 Å². The molecule has 0 radical (unpaired) electrons. The number of hydrogen-bond acceptors (Lipinski definition) is 1. The fourth-order valence-corrected chi connectivity index (χ4v) is 2.79. The number of hydrogen-bond donors (Lipinski definition) is 1. The summed E-state index contributed by atoms with van der Waals surface area (Å²) in [6, 6.07) is 5.63. The standard InChI is InChI=1S/C16H25BrFN/c1-3-5-6-7-16(19-8-4-2)11-13-9-14(17)12-15(18)10-13/h9-10,12,16,19H,3-8,11H2,1-2H3. The van der Waals surface area contributed by atoms with Gasteiger partial charge in [-0.05, 0) is 49.6 Å². The third kappa shape index (κ3) is 7.07. The Morgan fingerprint density at radius 1 is 1.16 bits per heavy atom. The number of unbranched alkanes of at least 4 members (excludes halogenated alkanes) is 2. The molecule has 1 unspecified atom stereocenters. The van der Waals surface area contributed by atoms with Crippen LogP contribution in [-0.4, -0.2) is 12.6 Å². The molecule has 0 bridgehead atoms. The minimum Gasteiger partial charge on any atom is -0.314 e. The van der Waals surface area contributed by atoms with Crippen molar-refractivity contribution < 1.29 is 4.39 Å². The van der Waals surface area contributed by atoms with E-state index in [9.17, 15) is 4.39 Å². The SMILES string of the molecule is CCCCCC(Cc1cc(F)cc(Br)c1)NCCC. The van der Waals surface area contributed by atoms with Crippen LogP contribution in [0.25, 0.3) is 0 Å². The van der Waals surface area contributed by atoms with Crippen molar-refractivity contribution in [2.24, 2.45) is 0 Å². The quantitative estimate of drug-likeness (QED) is 0.623. The van der Waals surface area contributed by atoms with Crippen molar-refractivity contribution in [3.05, 3.63) is 34.1 Å². The van der Waals surface area contributed by atoms with Gasteiger partial charge in [0.05, 0.1) is 0 Å². The van der Waals surface area contributed by atoms with Crippen LogP contribution in [-0.2, 0) is 6.42 Å². The summed E-state index contributed by atoms with van der Waals surface area (Å²) in [6.45, 7) is 5.43. The van der Waals surface area contributed by atoms with Crippen LogP contribution in [0.4, 0.5) is 4.39 Å². The predicted molar refractivity (Wildman–Crippen MR) is 84.0 cm³/mol. The lowest BCUT2D eigenvalue weighted by Gasteiger charge is -2.18. The fraction of sp³-hybridized carbons (Fsp3) is 0.625. The number of halogens is 2. The van der Waals surface area contributed by atoms with Gasteiger partial charge in [-0.3, -0.25) is 0 Å². The summed E-state index contributed by atoms with van der Waals surface area (Å²) in [7, 11) is 0. The predicted octanol–water partition coefficient (Wildman–Crippen LogP) is 5.08. The lowest BCUT2D eigenvalue weighted by molar-refractivity contribution is 0.455. The zero-order valence-electron chi connectivity index (χ0n) is 12.0. The normalized spacial score (nSPS) is 12.6. The summed E-state index contributed by atoms with van der Waals surface area (Å²) < 4.78 is 14.2. The molecule has 1 aromatic carbocycles. The molecule has 0 heterocycles. The lowest BCUT2D eigenvalue weighted by atomic mass is 10.00. The monoisotopic (exact) mass is 329 g/mol. The molecule has 19 heavy (non-hydrogen) atoms. The third-order valence-electron chi connectivity index (χ3n) is 3.24. The maximum absolute atomic E-state index is 13.4. The molecule has 1 nitrogen and oxygen atoms in total. The van der Waals surface area contributed by atoms with E-state index in [-0.39, 0.29) is 5.82 Å². The Bertz CT molecular complexity index is 348. The maximum atomic E-state index is 13.4. The first kappa shape index (κ1) is 16.6. The van der Waals surface area contributed by atoms with E-state index in [1.54, 1.807) is 6.07 Å². The van der Waals surface area contributed by atoms with Crippen molar-refractivity contribution in [2.75, 3.05) is 6.54 Å². The Morgan fingerprint density at radius 3 is 2.58 bits per heavy atom. The van der Waals surface area contributed by atoms with Gasteiger partial charge in [-0.25, -0.2) is 4.39 Å². The van der Waals surface area contributed by atoms with Crippen LogP contribution in [0, 0.1) is 5.82 Å². The second-order valence-electron chi connectivity index (χ2n) is 5.13. The van der Waals surface area contributed by atoms with E-state index in [0.29, 0.717) is 6.04 Å². The minimum atomic E-state index is -0.160. The molecule has 0 amide bonds. The summed E-state index contributed by atoms with van der Waals surface area (Å²) in [6.07, 6.45) is 6.97. The highest BCUT2D eigenvalue weighted by molar-refractivity contribution is 9.10. The van der Waals surface area contributed by atoms with E-state index in [4.69, 9.17) is 0 Å². The topological polar surface area (TPSA) is 12.0 Å². The van der Waals surface area contributed by atoms with E-state index in [2.05, 4.69) is 35.1 Å². The largest absolute Gasteiger partial charge is 0.314 e. The van der Waals surface area contributed by atoms with Gasteiger partial charge in [-0.2, -0.15) is 0 Å². The molecule has 0 saturated heterocycles. The Morgan fingerprint density at radius 2 is 1.95 bits per heavy atom. The van der Waals surface area contributed by atoms with Crippen molar-refractivity contribution in [2.45, 2.75) is 58.4 Å². The molecule has 0 saturated carbocycles. The smallest absolute Gasteiger partial charge is 0.124 e. The van der Waals surface area contributed by atoms with Crippen molar-refractivity contribution in [3.8, 4) is 0 Å². The van der Waals surface area contributed by atoms with Crippen molar-refractivity contribution >= 4 is 15.9 Å². The van der Waals surface area contributed by atoms with Crippen LogP contribution in [0.3, 0.4) is 0 Å². The van der Waals surface area contributed by atoms with Gasteiger partial charge in [0.25, 0.3) is 0 Å². The Hall–Kier alpha value is -0.410. The molecule has 0 fully saturated rings. The maximum Gasteiger partial charge on any atom is 0.124 e. The van der Waals surface area contributed by atoms with Crippen molar-refractivity contribution in [3.63, 3.8) is 0 Å². The van der Waals surface area contributed by atoms with Crippen molar-refractivity contribution in [1.82, 2.24) is 5.32 Å². The molecule has 1 rings (SSSR count). The van der Waals surface area contributed by atoms with E-state index in [1.807, 2.05) is 6.07 Å². The van der Waals surface area contributed by atoms with Gasteiger partial charge >= 0.3 is 0 Å². The molecule has 3 heteroatoms. The first-order valence-electron chi connectivity index (χ1n) is 7.34. The summed E-state index contributed by atoms with van der Waals surface area (Å²) in [4.78, 5) is 0. The van der Waals surface area contributed by atoms with Gasteiger partial charge in [-0.1, -0.05) is 49.0 Å².